The lowest BCUT2D eigenvalue weighted by Crippen LogP contribution is -2.60. The zero-order valence-corrected chi connectivity index (χ0v) is 38.5. The molecular formula is C51H93NO8. The van der Waals surface area contributed by atoms with Gasteiger partial charge in [0.05, 0.1) is 25.4 Å². The second-order valence-electron chi connectivity index (χ2n) is 17.3. The average Bonchev–Trinajstić information content (AvgIpc) is 3.25. The lowest BCUT2D eigenvalue weighted by atomic mass is 9.99. The number of aliphatic hydroxyl groups excluding tert-OH is 5. The summed E-state index contributed by atoms with van der Waals surface area (Å²) in [5.74, 6) is -0.182. The molecule has 1 saturated heterocycles. The largest absolute Gasteiger partial charge is 0.394 e. The predicted molar refractivity (Wildman–Crippen MR) is 249 cm³/mol. The average molecular weight is 848 g/mol. The molecule has 1 heterocycles. The van der Waals surface area contributed by atoms with E-state index in [9.17, 15) is 30.3 Å². The normalized spacial score (nSPS) is 20.9. The molecule has 60 heavy (non-hydrogen) atoms. The van der Waals surface area contributed by atoms with Gasteiger partial charge in [-0.3, -0.25) is 4.79 Å². The van der Waals surface area contributed by atoms with Gasteiger partial charge in [0.2, 0.25) is 5.91 Å². The summed E-state index contributed by atoms with van der Waals surface area (Å²) in [6.07, 6.45) is 46.0. The van der Waals surface area contributed by atoms with Crippen molar-refractivity contribution in [3.8, 4) is 0 Å². The van der Waals surface area contributed by atoms with Crippen LogP contribution >= 0.6 is 0 Å². The van der Waals surface area contributed by atoms with Gasteiger partial charge in [-0.25, -0.2) is 0 Å². The van der Waals surface area contributed by atoms with E-state index in [2.05, 4.69) is 55.6 Å². The van der Waals surface area contributed by atoms with Crippen molar-refractivity contribution in [1.29, 1.82) is 0 Å². The number of allylic oxidation sites excluding steroid dienone is 7. The van der Waals surface area contributed by atoms with Crippen LogP contribution in [0.15, 0.2) is 48.6 Å². The van der Waals surface area contributed by atoms with Gasteiger partial charge in [-0.05, 0) is 57.8 Å². The predicted octanol–water partition coefficient (Wildman–Crippen LogP) is 11.0. The minimum absolute atomic E-state index is 0.182. The van der Waals surface area contributed by atoms with Gasteiger partial charge in [-0.15, -0.1) is 0 Å². The SMILES string of the molecule is CCCCCCC/C=C\C/C=C\C/C=C\CCCCCCCCCCCCCCC(=O)NC(COC1OC(CO)C(O)C(O)C1O)C(O)/C=C/CCCCCCCCCC. The fourth-order valence-corrected chi connectivity index (χ4v) is 7.63. The van der Waals surface area contributed by atoms with Gasteiger partial charge >= 0.3 is 0 Å². The summed E-state index contributed by atoms with van der Waals surface area (Å²) in [6, 6.07) is -0.804. The van der Waals surface area contributed by atoms with Crippen LogP contribution in [0.1, 0.15) is 213 Å². The first kappa shape index (κ1) is 56.2. The molecule has 0 aromatic carbocycles. The van der Waals surface area contributed by atoms with Crippen molar-refractivity contribution in [2.24, 2.45) is 0 Å². The second-order valence-corrected chi connectivity index (χ2v) is 17.3. The van der Waals surface area contributed by atoms with Crippen molar-refractivity contribution in [3.05, 3.63) is 48.6 Å². The Morgan fingerprint density at radius 2 is 0.983 bits per heavy atom. The molecule has 9 heteroatoms. The molecule has 0 saturated carbocycles. The molecule has 1 amide bonds. The van der Waals surface area contributed by atoms with Crippen molar-refractivity contribution in [2.45, 2.75) is 256 Å². The fourth-order valence-electron chi connectivity index (χ4n) is 7.63. The molecule has 1 aliphatic rings. The van der Waals surface area contributed by atoms with Gasteiger partial charge in [-0.1, -0.05) is 197 Å². The van der Waals surface area contributed by atoms with Crippen LogP contribution in [-0.4, -0.2) is 87.5 Å². The first-order valence-electron chi connectivity index (χ1n) is 24.9. The molecule has 0 radical (unpaired) electrons. The molecule has 1 fully saturated rings. The molecule has 7 atom stereocenters. The molecule has 350 valence electrons. The van der Waals surface area contributed by atoms with Gasteiger partial charge in [0.1, 0.15) is 24.4 Å². The summed E-state index contributed by atoms with van der Waals surface area (Å²) in [7, 11) is 0. The van der Waals surface area contributed by atoms with Crippen molar-refractivity contribution >= 4 is 5.91 Å². The van der Waals surface area contributed by atoms with Gasteiger partial charge < -0.3 is 40.3 Å². The number of hydrogen-bond acceptors (Lipinski definition) is 8. The summed E-state index contributed by atoms with van der Waals surface area (Å²) in [5.41, 5.74) is 0. The lowest BCUT2D eigenvalue weighted by Gasteiger charge is -2.40. The van der Waals surface area contributed by atoms with E-state index in [1.807, 2.05) is 6.08 Å². The van der Waals surface area contributed by atoms with Crippen LogP contribution in [0.4, 0.5) is 0 Å². The maximum Gasteiger partial charge on any atom is 0.220 e. The van der Waals surface area contributed by atoms with Crippen molar-refractivity contribution in [2.75, 3.05) is 13.2 Å². The number of aliphatic hydroxyl groups is 5. The third kappa shape index (κ3) is 31.1. The smallest absolute Gasteiger partial charge is 0.220 e. The third-order valence-electron chi connectivity index (χ3n) is 11.6. The van der Waals surface area contributed by atoms with E-state index in [-0.39, 0.29) is 12.5 Å². The number of nitrogens with one attached hydrogen (secondary N) is 1. The molecule has 0 aromatic heterocycles. The van der Waals surface area contributed by atoms with Crippen LogP contribution < -0.4 is 5.32 Å². The Labute approximate surface area is 367 Å². The number of carbonyl (C=O) groups is 1. The Morgan fingerprint density at radius 3 is 1.45 bits per heavy atom. The van der Waals surface area contributed by atoms with Crippen molar-refractivity contribution in [1.82, 2.24) is 5.32 Å². The Kier molecular flexibility index (Phi) is 38.5. The quantitative estimate of drug-likeness (QED) is 0.0263. The molecule has 1 aliphatic heterocycles. The van der Waals surface area contributed by atoms with E-state index in [0.29, 0.717) is 6.42 Å². The van der Waals surface area contributed by atoms with E-state index >= 15 is 0 Å². The molecule has 7 unspecified atom stereocenters. The molecule has 0 spiro atoms. The van der Waals surface area contributed by atoms with E-state index in [0.717, 1.165) is 51.4 Å². The summed E-state index contributed by atoms with van der Waals surface area (Å²) in [5, 5.41) is 54.1. The van der Waals surface area contributed by atoms with E-state index < -0.39 is 49.5 Å². The Balaban J connectivity index is 2.20. The first-order valence-corrected chi connectivity index (χ1v) is 24.9. The zero-order valence-electron chi connectivity index (χ0n) is 38.5. The zero-order chi connectivity index (χ0) is 43.7. The highest BCUT2D eigenvalue weighted by Gasteiger charge is 2.44. The minimum Gasteiger partial charge on any atom is -0.394 e. The van der Waals surface area contributed by atoms with E-state index in [1.54, 1.807) is 6.08 Å². The topological polar surface area (TPSA) is 149 Å². The van der Waals surface area contributed by atoms with E-state index in [1.165, 1.54) is 141 Å². The van der Waals surface area contributed by atoms with Gasteiger partial charge in [0.15, 0.2) is 6.29 Å². The van der Waals surface area contributed by atoms with Gasteiger partial charge in [0, 0.05) is 6.42 Å². The lowest BCUT2D eigenvalue weighted by molar-refractivity contribution is -0.302. The van der Waals surface area contributed by atoms with Crippen molar-refractivity contribution in [3.63, 3.8) is 0 Å². The summed E-state index contributed by atoms with van der Waals surface area (Å²) in [4.78, 5) is 13.0. The van der Waals surface area contributed by atoms with Crippen LogP contribution in [0, 0.1) is 0 Å². The first-order chi connectivity index (χ1) is 29.3. The Hall–Kier alpha value is -1.85. The van der Waals surface area contributed by atoms with Crippen LogP contribution in [0.5, 0.6) is 0 Å². The number of carbonyl (C=O) groups excluding carboxylic acids is 1. The third-order valence-corrected chi connectivity index (χ3v) is 11.6. The van der Waals surface area contributed by atoms with Crippen LogP contribution in [0.2, 0.25) is 0 Å². The number of ether oxygens (including phenoxy) is 2. The maximum absolute atomic E-state index is 13.0. The minimum atomic E-state index is -1.57. The molecule has 0 aromatic rings. The monoisotopic (exact) mass is 848 g/mol. The second kappa shape index (κ2) is 41.2. The number of amides is 1. The molecule has 0 aliphatic carbocycles. The van der Waals surface area contributed by atoms with Crippen LogP contribution in [0.25, 0.3) is 0 Å². The van der Waals surface area contributed by atoms with Crippen molar-refractivity contribution < 1.29 is 39.8 Å². The molecule has 0 bridgehead atoms. The van der Waals surface area contributed by atoms with Gasteiger partial charge in [-0.2, -0.15) is 0 Å². The molecular weight excluding hydrogens is 755 g/mol. The number of hydrogen-bond donors (Lipinski definition) is 6. The number of rotatable bonds is 41. The fraction of sp³-hybridized carbons (Fsp3) is 0.824. The molecule has 1 rings (SSSR count). The standard InChI is InChI=1S/C51H93NO8/c1-3-5-7-9-11-13-15-16-17-18-19-20-21-22-23-24-25-26-27-28-29-30-31-33-35-37-39-41-47(55)52-44(43-59-51-50(58)49(57)48(56)46(42-53)60-51)45(54)40-38-36-34-32-14-12-10-8-6-4-2/h15-16,18-19,21-22,38,40,44-46,48-51,53-54,56-58H,3-14,17,20,23-37,39,41-43H2,1-2H3,(H,52,55)/b16-15-,19-18-,22-21-,40-38+. The highest BCUT2D eigenvalue weighted by molar-refractivity contribution is 5.76. The highest BCUT2D eigenvalue weighted by atomic mass is 16.7. The summed E-state index contributed by atoms with van der Waals surface area (Å²) in [6.45, 7) is 3.73. The van der Waals surface area contributed by atoms with E-state index in [4.69, 9.17) is 9.47 Å². The Bertz CT molecular complexity index is 1080. The highest BCUT2D eigenvalue weighted by Crippen LogP contribution is 2.23. The Morgan fingerprint density at radius 1 is 0.567 bits per heavy atom. The number of unbranched alkanes of at least 4 members (excludes halogenated alkanes) is 25. The summed E-state index contributed by atoms with van der Waals surface area (Å²) >= 11 is 0. The van der Waals surface area contributed by atoms with Crippen LogP contribution in [0.3, 0.4) is 0 Å². The maximum atomic E-state index is 13.0. The molecule has 6 N–H and O–H groups in total. The summed E-state index contributed by atoms with van der Waals surface area (Å²) < 4.78 is 11.2. The molecule has 9 nitrogen and oxygen atoms in total. The van der Waals surface area contributed by atoms with Crippen LogP contribution in [-0.2, 0) is 14.3 Å². The van der Waals surface area contributed by atoms with Gasteiger partial charge in [0.25, 0.3) is 0 Å².